The third kappa shape index (κ3) is 9.16. The average Bonchev–Trinajstić information content (AvgIpc) is 3.77. The number of esters is 1. The van der Waals surface area contributed by atoms with E-state index in [4.69, 9.17) is 23.7 Å². The molecule has 3 fully saturated rings. The van der Waals surface area contributed by atoms with Gasteiger partial charge in [-0.2, -0.15) is 0 Å². The van der Waals surface area contributed by atoms with Gasteiger partial charge in [0.15, 0.2) is 17.7 Å². The van der Waals surface area contributed by atoms with E-state index in [1.165, 1.54) is 24.6 Å². The highest BCUT2D eigenvalue weighted by Crippen LogP contribution is 2.40. The number of amides is 1. The zero-order chi connectivity index (χ0) is 41.1. The monoisotopic (exact) mass is 796 g/mol. The molecule has 0 spiro atoms. The number of rotatable bonds is 7. The minimum absolute atomic E-state index is 0.0566. The molecule has 0 aromatic carbocycles. The molecule has 0 radical (unpaired) electrons. The highest BCUT2D eigenvalue weighted by atomic mass is 32.1. The first-order valence-corrected chi connectivity index (χ1v) is 20.1. The lowest BCUT2D eigenvalue weighted by molar-refractivity contribution is -0.296. The van der Waals surface area contributed by atoms with Crippen molar-refractivity contribution in [3.05, 3.63) is 35.7 Å². The number of carbonyl (C=O) groups is 4. The molecule has 1 unspecified atom stereocenters. The molecule has 15 heteroatoms. The minimum Gasteiger partial charge on any atom is -0.458 e. The van der Waals surface area contributed by atoms with Crippen molar-refractivity contribution in [1.29, 1.82) is 0 Å². The van der Waals surface area contributed by atoms with Gasteiger partial charge >= 0.3 is 12.1 Å². The summed E-state index contributed by atoms with van der Waals surface area (Å²) in [5.74, 6) is 0.985. The third-order valence-electron chi connectivity index (χ3n) is 11.6. The topological polar surface area (TPSA) is 176 Å². The van der Waals surface area contributed by atoms with Crippen molar-refractivity contribution in [3.63, 3.8) is 0 Å². The van der Waals surface area contributed by atoms with Gasteiger partial charge in [-0.15, -0.1) is 11.3 Å². The number of nitrogens with zero attached hydrogens (tertiary/aromatic N) is 3. The first-order chi connectivity index (χ1) is 26.4. The van der Waals surface area contributed by atoms with Crippen molar-refractivity contribution in [1.82, 2.24) is 20.2 Å². The molecule has 5 rings (SSSR count). The van der Waals surface area contributed by atoms with Crippen LogP contribution in [0.25, 0.3) is 10.4 Å². The maximum atomic E-state index is 14.4. The number of Topliss-reactive ketones (excluding diaryl/α,β-unsaturated/α-hetero) is 2. The molecule has 5 heterocycles. The van der Waals surface area contributed by atoms with Crippen LogP contribution in [0.3, 0.4) is 0 Å². The minimum atomic E-state index is -1.41. The van der Waals surface area contributed by atoms with E-state index in [0.29, 0.717) is 6.42 Å². The molecule has 0 saturated carbocycles. The van der Waals surface area contributed by atoms with Crippen LogP contribution in [0, 0.1) is 35.5 Å². The molecule has 2 N–H and O–H groups in total. The van der Waals surface area contributed by atoms with E-state index in [1.807, 2.05) is 38.1 Å². The molecular formula is C41H56N4O10S. The Morgan fingerprint density at radius 3 is 2.39 bits per heavy atom. The second-order valence-electron chi connectivity index (χ2n) is 16.1. The van der Waals surface area contributed by atoms with Crippen LogP contribution < -0.4 is 5.32 Å². The molecule has 1 amide bonds. The largest absolute Gasteiger partial charge is 0.458 e. The Morgan fingerprint density at radius 2 is 1.73 bits per heavy atom. The Kier molecular flexibility index (Phi) is 13.8. The van der Waals surface area contributed by atoms with Crippen LogP contribution in [-0.2, 0) is 38.1 Å². The molecule has 0 bridgehead atoms. The van der Waals surface area contributed by atoms with E-state index in [9.17, 15) is 24.3 Å². The average molecular weight is 797 g/mol. The van der Waals surface area contributed by atoms with Crippen molar-refractivity contribution in [2.45, 2.75) is 129 Å². The van der Waals surface area contributed by atoms with E-state index >= 15 is 0 Å². The van der Waals surface area contributed by atoms with Gasteiger partial charge in [-0.05, 0) is 73.2 Å². The van der Waals surface area contributed by atoms with Crippen LogP contribution in [0.2, 0.25) is 0 Å². The third-order valence-corrected chi connectivity index (χ3v) is 12.6. The van der Waals surface area contributed by atoms with Crippen molar-refractivity contribution in [2.24, 2.45) is 23.7 Å². The zero-order valence-corrected chi connectivity index (χ0v) is 34.8. The summed E-state index contributed by atoms with van der Waals surface area (Å²) in [5.41, 5.74) is -1.93. The van der Waals surface area contributed by atoms with Crippen molar-refractivity contribution in [3.8, 4) is 22.3 Å². The molecule has 13 atom stereocenters. The lowest BCUT2D eigenvalue weighted by atomic mass is 9.73. The molecule has 3 aliphatic rings. The number of likely N-dealkylation sites (N-methyl/N-ethyl adjacent to an activating group) is 1. The summed E-state index contributed by atoms with van der Waals surface area (Å²) in [4.78, 5) is 67.2. The van der Waals surface area contributed by atoms with Gasteiger partial charge in [0.2, 0.25) is 0 Å². The van der Waals surface area contributed by atoms with E-state index in [2.05, 4.69) is 27.1 Å². The molecule has 3 saturated heterocycles. The smallest absolute Gasteiger partial charge is 0.408 e. The Hall–Kier alpha value is -3.78. The maximum Gasteiger partial charge on any atom is 0.408 e. The van der Waals surface area contributed by atoms with Crippen LogP contribution in [-0.4, -0.2) is 118 Å². The SMILES string of the molecule is CC[C@@H]1OC(=O)[C@H](C)C(=O)[C@H](C)[C@@H](O[C@@H]2O[C@H](C)C[C@H](N(C)C)[C@H]2O)C(C)(OCC#Cc2ccc(-c3cncnc3)s2)C[C@@H](C)C(=O)[C@@H](C)[C@H]2NC(=O)O[C@]12C. The summed E-state index contributed by atoms with van der Waals surface area (Å²) in [7, 11) is 3.72. The summed E-state index contributed by atoms with van der Waals surface area (Å²) < 4.78 is 31.3. The molecule has 0 aliphatic carbocycles. The van der Waals surface area contributed by atoms with Gasteiger partial charge in [-0.3, -0.25) is 14.4 Å². The van der Waals surface area contributed by atoms with Gasteiger partial charge in [0.05, 0.1) is 28.7 Å². The number of cyclic esters (lactones) is 1. The van der Waals surface area contributed by atoms with E-state index < -0.39 is 83.4 Å². The second-order valence-corrected chi connectivity index (χ2v) is 17.1. The fourth-order valence-corrected chi connectivity index (χ4v) is 9.29. The van der Waals surface area contributed by atoms with Crippen LogP contribution in [0.5, 0.6) is 0 Å². The summed E-state index contributed by atoms with van der Waals surface area (Å²) in [6.45, 7) is 13.6. The highest BCUT2D eigenvalue weighted by molar-refractivity contribution is 7.16. The number of alkyl carbamates (subject to hydrolysis) is 1. The lowest BCUT2D eigenvalue weighted by Crippen LogP contribution is -2.60. The fraction of sp³-hybridized carbons (Fsp3) is 0.659. The first kappa shape index (κ1) is 43.3. The number of hydrogen-bond donors (Lipinski definition) is 2. The van der Waals surface area contributed by atoms with Gasteiger partial charge in [-0.1, -0.05) is 39.5 Å². The number of ether oxygens (including phenoxy) is 5. The summed E-state index contributed by atoms with van der Waals surface area (Å²) >= 11 is 1.47. The number of aromatic nitrogens is 2. The van der Waals surface area contributed by atoms with Gasteiger partial charge in [0.25, 0.3) is 0 Å². The summed E-state index contributed by atoms with van der Waals surface area (Å²) in [6.07, 6.45) is 0.399. The number of aliphatic hydroxyl groups excluding tert-OH is 1. The molecule has 3 aliphatic heterocycles. The standard InChI is InChI=1S/C41H56N4O10S/c1-11-31-41(8)35(44-39(50)55-41)24(4)32(46)22(2)18-40(7,51-16-12-13-28-14-15-30(56-28)27-19-42-21-43-20-27)36(25(5)33(47)26(6)37(49)53-31)54-38-34(48)29(45(9)10)17-23(3)52-38/h14-15,19-26,29,31,34-36,38,48H,11,16-18H2,1-10H3,(H,44,50)/t22-,23-,24-,25+,26-,29+,31+,34-,35-,36-,38+,40?,41-/m1/s1. The van der Waals surface area contributed by atoms with E-state index in [1.54, 1.807) is 53.9 Å². The molecule has 56 heavy (non-hydrogen) atoms. The number of aliphatic hydroxyl groups is 1. The maximum absolute atomic E-state index is 14.4. The van der Waals surface area contributed by atoms with Crippen LogP contribution in [0.4, 0.5) is 4.79 Å². The number of fused-ring (bicyclic) bond motifs is 1. The number of carbonyl (C=O) groups excluding carboxylic acids is 4. The molecule has 2 aromatic heterocycles. The Bertz CT molecular complexity index is 1800. The zero-order valence-electron chi connectivity index (χ0n) is 33.9. The van der Waals surface area contributed by atoms with E-state index in [-0.39, 0.29) is 37.4 Å². The van der Waals surface area contributed by atoms with Crippen molar-refractivity contribution in [2.75, 3.05) is 20.7 Å². The fourth-order valence-electron chi connectivity index (χ4n) is 8.44. The molecule has 2 aromatic rings. The van der Waals surface area contributed by atoms with Crippen LogP contribution >= 0.6 is 11.3 Å². The van der Waals surface area contributed by atoms with Gasteiger partial charge in [-0.25, -0.2) is 14.8 Å². The van der Waals surface area contributed by atoms with Crippen LogP contribution in [0.15, 0.2) is 30.9 Å². The van der Waals surface area contributed by atoms with Crippen molar-refractivity contribution >= 4 is 35.0 Å². The molecular weight excluding hydrogens is 741 g/mol. The van der Waals surface area contributed by atoms with Gasteiger partial charge in [0.1, 0.15) is 36.8 Å². The van der Waals surface area contributed by atoms with Crippen molar-refractivity contribution < 1.29 is 48.0 Å². The Morgan fingerprint density at radius 1 is 1.04 bits per heavy atom. The molecule has 14 nitrogen and oxygen atoms in total. The Balaban J connectivity index is 1.55. The number of ketones is 2. The predicted molar refractivity (Wildman–Crippen MR) is 207 cm³/mol. The highest BCUT2D eigenvalue weighted by Gasteiger charge is 2.57. The number of hydrogen-bond acceptors (Lipinski definition) is 14. The summed E-state index contributed by atoms with van der Waals surface area (Å²) in [5, 5.41) is 14.4. The van der Waals surface area contributed by atoms with Gasteiger partial charge < -0.3 is 39.0 Å². The molecule has 306 valence electrons. The van der Waals surface area contributed by atoms with Crippen LogP contribution in [0.1, 0.15) is 79.5 Å². The predicted octanol–water partition coefficient (Wildman–Crippen LogP) is 4.42. The van der Waals surface area contributed by atoms with Gasteiger partial charge in [0, 0.05) is 46.6 Å². The number of nitrogens with one attached hydrogen (secondary N) is 1. The first-order valence-electron chi connectivity index (χ1n) is 19.3. The normalized spacial score (nSPS) is 37.1. The summed E-state index contributed by atoms with van der Waals surface area (Å²) in [6, 6.07) is 2.68. The quantitative estimate of drug-likeness (QED) is 0.229. The second kappa shape index (κ2) is 17.8. The Labute approximate surface area is 333 Å². The number of thiophene rings is 1. The van der Waals surface area contributed by atoms with E-state index in [0.717, 1.165) is 15.3 Å². The lowest BCUT2D eigenvalue weighted by Gasteiger charge is -2.47.